The van der Waals surface area contributed by atoms with E-state index in [0.717, 1.165) is 10.7 Å². The third-order valence-electron chi connectivity index (χ3n) is 6.65. The Balaban J connectivity index is 1.93. The summed E-state index contributed by atoms with van der Waals surface area (Å²) in [6.07, 6.45) is 13.2. The third-order valence-corrected chi connectivity index (χ3v) is 7.77. The van der Waals surface area contributed by atoms with Crippen molar-refractivity contribution in [1.29, 1.82) is 0 Å². The fraction of sp³-hybridized carbons (Fsp3) is 0.520. The van der Waals surface area contributed by atoms with Crippen LogP contribution in [0, 0.1) is 0 Å². The second kappa shape index (κ2) is 11.2. The minimum atomic E-state index is 0.214. The molecule has 0 amide bonds. The van der Waals surface area contributed by atoms with Crippen LogP contribution in [-0.4, -0.2) is 26.4 Å². The average molecular weight is 516 g/mol. The number of hydrogen-bond acceptors (Lipinski definition) is 0. The molecule has 2 aromatic carbocycles. The Bertz CT molecular complexity index is 736. The molecule has 2 aromatic rings. The van der Waals surface area contributed by atoms with E-state index in [4.69, 9.17) is 0 Å². The van der Waals surface area contributed by atoms with Gasteiger partial charge in [-0.3, -0.25) is 0 Å². The number of benzene rings is 2. The molecule has 0 saturated carbocycles. The lowest BCUT2D eigenvalue weighted by atomic mass is 9.69. The third kappa shape index (κ3) is 5.42. The summed E-state index contributed by atoms with van der Waals surface area (Å²) in [6.45, 7) is 0. The van der Waals surface area contributed by atoms with Gasteiger partial charge in [0.15, 0.2) is 0 Å². The van der Waals surface area contributed by atoms with Gasteiger partial charge in [-0.05, 0) is 47.9 Å². The molecule has 0 atom stereocenters. The van der Waals surface area contributed by atoms with Crippen LogP contribution in [0.4, 0.5) is 0 Å². The van der Waals surface area contributed by atoms with Gasteiger partial charge < -0.3 is 0 Å². The van der Waals surface area contributed by atoms with Crippen molar-refractivity contribution in [3.8, 4) is 11.1 Å². The Labute approximate surface area is 196 Å². The molecular weight excluding hydrogens is 482 g/mol. The number of hydrogen-bond donors (Lipinski definition) is 0. The predicted octanol–water partition coefficient (Wildman–Crippen LogP) is 5.16. The molecule has 0 bridgehead atoms. The van der Waals surface area contributed by atoms with E-state index in [1.54, 1.807) is 11.1 Å². The summed E-state index contributed by atoms with van der Waals surface area (Å²) in [5.74, 6) is 0. The van der Waals surface area contributed by atoms with Gasteiger partial charge in [0.05, 0.1) is 0 Å². The maximum absolute atomic E-state index is 3.59. The quantitative estimate of drug-likeness (QED) is 0.208. The molecule has 154 valence electrons. The molecule has 0 aromatic heterocycles. The zero-order chi connectivity index (χ0) is 20.7. The molecule has 0 spiro atoms. The molecule has 0 saturated heterocycles. The van der Waals surface area contributed by atoms with Crippen LogP contribution >= 0.6 is 31.9 Å². The van der Waals surface area contributed by atoms with Crippen LogP contribution in [0.15, 0.2) is 36.4 Å². The topological polar surface area (TPSA) is 0 Å². The van der Waals surface area contributed by atoms with Crippen LogP contribution in [-0.2, 0) is 5.41 Å². The van der Waals surface area contributed by atoms with Crippen molar-refractivity contribution in [2.75, 3.05) is 10.7 Å². The first-order valence-corrected chi connectivity index (χ1v) is 13.7. The second-order valence-electron chi connectivity index (χ2n) is 8.89. The van der Waals surface area contributed by atoms with Gasteiger partial charge in [-0.1, -0.05) is 118 Å². The van der Waals surface area contributed by atoms with Crippen LogP contribution in [0.5, 0.6) is 0 Å². The Hall–Kier alpha value is -0.470. The predicted molar refractivity (Wildman–Crippen MR) is 143 cm³/mol. The van der Waals surface area contributed by atoms with Gasteiger partial charge in [0.2, 0.25) is 0 Å². The zero-order valence-corrected chi connectivity index (χ0v) is 21.4. The van der Waals surface area contributed by atoms with Crippen molar-refractivity contribution >= 4 is 58.5 Å². The summed E-state index contributed by atoms with van der Waals surface area (Å²) < 4.78 is 0. The van der Waals surface area contributed by atoms with Crippen molar-refractivity contribution in [1.82, 2.24) is 0 Å². The molecule has 4 heteroatoms. The summed E-state index contributed by atoms with van der Waals surface area (Å²) in [6, 6.07) is 14.4. The number of rotatable bonds is 12. The minimum Gasteiger partial charge on any atom is -0.0928 e. The van der Waals surface area contributed by atoms with Crippen molar-refractivity contribution in [2.24, 2.45) is 0 Å². The average Bonchev–Trinajstić information content (AvgIpc) is 2.96. The normalized spacial score (nSPS) is 14.0. The first kappa shape index (κ1) is 23.2. The van der Waals surface area contributed by atoms with E-state index in [1.165, 1.54) is 86.3 Å². The van der Waals surface area contributed by atoms with Gasteiger partial charge in [-0.25, -0.2) is 0 Å². The van der Waals surface area contributed by atoms with E-state index < -0.39 is 0 Å². The van der Waals surface area contributed by atoms with E-state index >= 15 is 0 Å². The zero-order valence-electron chi connectivity index (χ0n) is 18.2. The molecule has 0 heterocycles. The molecule has 0 radical (unpaired) electrons. The van der Waals surface area contributed by atoms with Gasteiger partial charge in [-0.2, -0.15) is 0 Å². The molecular formula is C25H34B2Br2. The summed E-state index contributed by atoms with van der Waals surface area (Å²) in [7, 11) is 4.51. The lowest BCUT2D eigenvalue weighted by Gasteiger charge is -2.33. The van der Waals surface area contributed by atoms with Crippen molar-refractivity contribution in [2.45, 2.75) is 69.6 Å². The van der Waals surface area contributed by atoms with Crippen LogP contribution in [0.25, 0.3) is 11.1 Å². The summed E-state index contributed by atoms with van der Waals surface area (Å²) in [5.41, 5.74) is 9.22. The highest BCUT2D eigenvalue weighted by molar-refractivity contribution is 9.09. The van der Waals surface area contributed by atoms with Crippen LogP contribution in [0.3, 0.4) is 0 Å². The highest BCUT2D eigenvalue weighted by atomic mass is 79.9. The van der Waals surface area contributed by atoms with E-state index in [9.17, 15) is 0 Å². The largest absolute Gasteiger partial charge is 0.139 e. The standard InChI is InChI=1S/C25H34B2Br2/c26-19-9-11-21-22-12-10-20(27)18-24(22)25(23(21)17-19,13-5-1-3-7-15-28)14-6-2-4-8-16-29/h9-12,17-18H,1-8,13-16,26-27H2. The fourth-order valence-electron chi connectivity index (χ4n) is 5.14. The number of alkyl halides is 2. The highest BCUT2D eigenvalue weighted by Crippen LogP contribution is 2.53. The Morgan fingerprint density at radius 1 is 0.586 bits per heavy atom. The number of halogens is 2. The number of fused-ring (bicyclic) bond motifs is 3. The highest BCUT2D eigenvalue weighted by Gasteiger charge is 2.42. The lowest BCUT2D eigenvalue weighted by molar-refractivity contribution is 0.401. The molecule has 3 rings (SSSR count). The molecule has 0 aliphatic heterocycles. The van der Waals surface area contributed by atoms with Crippen molar-refractivity contribution in [3.05, 3.63) is 47.5 Å². The maximum Gasteiger partial charge on any atom is 0.139 e. The fourth-order valence-corrected chi connectivity index (χ4v) is 5.93. The first-order valence-electron chi connectivity index (χ1n) is 11.5. The van der Waals surface area contributed by atoms with Gasteiger partial charge in [0.1, 0.15) is 15.7 Å². The van der Waals surface area contributed by atoms with Crippen LogP contribution in [0.1, 0.15) is 75.3 Å². The Morgan fingerprint density at radius 3 is 1.41 bits per heavy atom. The van der Waals surface area contributed by atoms with Gasteiger partial charge in [-0.15, -0.1) is 0 Å². The molecule has 0 fully saturated rings. The van der Waals surface area contributed by atoms with E-state index in [1.807, 2.05) is 0 Å². The van der Waals surface area contributed by atoms with Crippen LogP contribution in [0.2, 0.25) is 0 Å². The van der Waals surface area contributed by atoms with E-state index in [2.05, 4.69) is 84.0 Å². The van der Waals surface area contributed by atoms with Gasteiger partial charge in [0, 0.05) is 16.1 Å². The van der Waals surface area contributed by atoms with E-state index in [-0.39, 0.29) is 5.41 Å². The second-order valence-corrected chi connectivity index (χ2v) is 10.5. The van der Waals surface area contributed by atoms with E-state index in [0.29, 0.717) is 0 Å². The van der Waals surface area contributed by atoms with Crippen LogP contribution < -0.4 is 10.9 Å². The molecule has 1 aliphatic carbocycles. The Kier molecular flexibility index (Phi) is 8.99. The first-order chi connectivity index (χ1) is 14.1. The molecule has 29 heavy (non-hydrogen) atoms. The smallest absolute Gasteiger partial charge is 0.0928 e. The van der Waals surface area contributed by atoms with Gasteiger partial charge in [0.25, 0.3) is 0 Å². The molecule has 0 nitrogen and oxygen atoms in total. The summed E-state index contributed by atoms with van der Waals surface area (Å²) in [5, 5.41) is 2.27. The summed E-state index contributed by atoms with van der Waals surface area (Å²) >= 11 is 7.18. The summed E-state index contributed by atoms with van der Waals surface area (Å²) in [4.78, 5) is 0. The Morgan fingerprint density at radius 2 is 1.00 bits per heavy atom. The molecule has 0 unspecified atom stereocenters. The van der Waals surface area contributed by atoms with Crippen molar-refractivity contribution < 1.29 is 0 Å². The SMILES string of the molecule is Bc1ccc2c(c1)C(CCCCCCBr)(CCCCCCBr)c1cc(B)ccc1-2. The lowest BCUT2D eigenvalue weighted by Crippen LogP contribution is -2.27. The van der Waals surface area contributed by atoms with Crippen molar-refractivity contribution in [3.63, 3.8) is 0 Å². The maximum atomic E-state index is 3.59. The van der Waals surface area contributed by atoms with Gasteiger partial charge >= 0.3 is 0 Å². The monoisotopic (exact) mass is 514 g/mol. The minimum absolute atomic E-state index is 0.214. The molecule has 1 aliphatic rings. The number of unbranched alkanes of at least 4 members (excludes halogenated alkanes) is 6. The molecule has 0 N–H and O–H groups in total.